The lowest BCUT2D eigenvalue weighted by atomic mass is 10.1. The molecule has 1 aromatic rings. The maximum Gasteiger partial charge on any atom is 0.224 e. The van der Waals surface area contributed by atoms with Gasteiger partial charge in [-0.2, -0.15) is 5.26 Å². The SMILES string of the molecule is CCOc1ccccc1CN1C(=O)CCC1C#N. The van der Waals surface area contributed by atoms with Crippen LogP contribution in [0.3, 0.4) is 0 Å². The third-order valence-electron chi connectivity index (χ3n) is 3.09. The summed E-state index contributed by atoms with van der Waals surface area (Å²) in [5.74, 6) is 0.837. The van der Waals surface area contributed by atoms with Crippen molar-refractivity contribution in [3.63, 3.8) is 0 Å². The van der Waals surface area contributed by atoms with E-state index in [1.54, 1.807) is 4.90 Å². The van der Waals surface area contributed by atoms with E-state index in [1.807, 2.05) is 31.2 Å². The largest absolute Gasteiger partial charge is 0.494 e. The molecule has 0 aliphatic carbocycles. The Hall–Kier alpha value is -2.02. The summed E-state index contributed by atoms with van der Waals surface area (Å²) in [6.07, 6.45) is 1.10. The Morgan fingerprint density at radius 2 is 2.28 bits per heavy atom. The Labute approximate surface area is 107 Å². The van der Waals surface area contributed by atoms with Crippen LogP contribution in [-0.2, 0) is 11.3 Å². The van der Waals surface area contributed by atoms with E-state index in [0.717, 1.165) is 11.3 Å². The minimum absolute atomic E-state index is 0.0489. The maximum atomic E-state index is 11.8. The maximum absolute atomic E-state index is 11.8. The Kier molecular flexibility index (Phi) is 3.83. The smallest absolute Gasteiger partial charge is 0.224 e. The molecule has 1 aliphatic rings. The van der Waals surface area contributed by atoms with Crippen molar-refractivity contribution in [1.29, 1.82) is 5.26 Å². The van der Waals surface area contributed by atoms with Gasteiger partial charge < -0.3 is 9.64 Å². The number of benzene rings is 1. The van der Waals surface area contributed by atoms with Crippen LogP contribution in [0.4, 0.5) is 0 Å². The van der Waals surface area contributed by atoms with Gasteiger partial charge in [0.25, 0.3) is 0 Å². The number of nitriles is 1. The van der Waals surface area contributed by atoms with Crippen molar-refractivity contribution >= 4 is 5.91 Å². The Morgan fingerprint density at radius 3 is 3.00 bits per heavy atom. The number of para-hydroxylation sites is 1. The van der Waals surface area contributed by atoms with E-state index < -0.39 is 0 Å². The van der Waals surface area contributed by atoms with Crippen molar-refractivity contribution in [2.24, 2.45) is 0 Å². The molecule has 18 heavy (non-hydrogen) atoms. The van der Waals surface area contributed by atoms with Crippen molar-refractivity contribution in [1.82, 2.24) is 4.90 Å². The zero-order valence-electron chi connectivity index (χ0n) is 10.4. The molecule has 0 aromatic heterocycles. The Balaban J connectivity index is 2.18. The molecule has 1 heterocycles. The molecule has 1 unspecified atom stereocenters. The average Bonchev–Trinajstić information content (AvgIpc) is 2.73. The van der Waals surface area contributed by atoms with Gasteiger partial charge in [-0.1, -0.05) is 18.2 Å². The summed E-state index contributed by atoms with van der Waals surface area (Å²) in [6, 6.07) is 9.53. The summed E-state index contributed by atoms with van der Waals surface area (Å²) in [7, 11) is 0. The van der Waals surface area contributed by atoms with E-state index in [4.69, 9.17) is 10.00 Å². The topological polar surface area (TPSA) is 53.3 Å². The quantitative estimate of drug-likeness (QED) is 0.815. The van der Waals surface area contributed by atoms with E-state index in [2.05, 4.69) is 6.07 Å². The standard InChI is InChI=1S/C14H16N2O2/c1-2-18-13-6-4-3-5-11(13)10-16-12(9-15)7-8-14(16)17/h3-6,12H,2,7-8,10H2,1H3. The van der Waals surface area contributed by atoms with Crippen molar-refractivity contribution in [2.45, 2.75) is 32.4 Å². The molecule has 2 rings (SSSR count). The minimum Gasteiger partial charge on any atom is -0.494 e. The Morgan fingerprint density at radius 1 is 1.50 bits per heavy atom. The summed E-state index contributed by atoms with van der Waals surface area (Å²) in [4.78, 5) is 13.4. The first-order valence-electron chi connectivity index (χ1n) is 6.16. The molecule has 4 heteroatoms. The molecule has 94 valence electrons. The number of hydrogen-bond acceptors (Lipinski definition) is 3. The summed E-state index contributed by atoms with van der Waals surface area (Å²) < 4.78 is 5.53. The number of hydrogen-bond donors (Lipinski definition) is 0. The second kappa shape index (κ2) is 5.54. The second-order valence-electron chi connectivity index (χ2n) is 4.25. The van der Waals surface area contributed by atoms with Crippen LogP contribution in [0.15, 0.2) is 24.3 Å². The summed E-state index contributed by atoms with van der Waals surface area (Å²) in [6.45, 7) is 2.97. The highest BCUT2D eigenvalue weighted by atomic mass is 16.5. The first kappa shape index (κ1) is 12.4. The van der Waals surface area contributed by atoms with Crippen molar-refractivity contribution in [3.05, 3.63) is 29.8 Å². The predicted octanol–water partition coefficient (Wildman–Crippen LogP) is 2.10. The molecule has 0 radical (unpaired) electrons. The van der Waals surface area contributed by atoms with Gasteiger partial charge in [-0.05, 0) is 19.4 Å². The van der Waals surface area contributed by atoms with E-state index >= 15 is 0 Å². The van der Waals surface area contributed by atoms with E-state index in [1.165, 1.54) is 0 Å². The third-order valence-corrected chi connectivity index (χ3v) is 3.09. The molecule has 1 fully saturated rings. The highest BCUT2D eigenvalue weighted by molar-refractivity contribution is 5.79. The summed E-state index contributed by atoms with van der Waals surface area (Å²) in [5, 5.41) is 9.03. The van der Waals surface area contributed by atoms with Gasteiger partial charge in [-0.25, -0.2) is 0 Å². The number of likely N-dealkylation sites (tertiary alicyclic amines) is 1. The number of carbonyl (C=O) groups is 1. The second-order valence-corrected chi connectivity index (χ2v) is 4.25. The highest BCUT2D eigenvalue weighted by Crippen LogP contribution is 2.25. The zero-order chi connectivity index (χ0) is 13.0. The molecule has 0 bridgehead atoms. The van der Waals surface area contributed by atoms with Crippen molar-refractivity contribution in [3.8, 4) is 11.8 Å². The normalized spacial score (nSPS) is 18.8. The lowest BCUT2D eigenvalue weighted by Gasteiger charge is -2.21. The molecule has 1 aliphatic heterocycles. The fourth-order valence-electron chi connectivity index (χ4n) is 2.18. The molecule has 0 N–H and O–H groups in total. The van der Waals surface area contributed by atoms with Gasteiger partial charge in [0.2, 0.25) is 5.91 Å². The first-order valence-corrected chi connectivity index (χ1v) is 6.16. The Bertz CT molecular complexity index is 479. The number of nitrogens with zero attached hydrogens (tertiary/aromatic N) is 2. The zero-order valence-corrected chi connectivity index (χ0v) is 10.4. The van der Waals surface area contributed by atoms with Crippen LogP contribution in [-0.4, -0.2) is 23.5 Å². The average molecular weight is 244 g/mol. The molecule has 1 amide bonds. The van der Waals surface area contributed by atoms with Gasteiger partial charge in [-0.3, -0.25) is 4.79 Å². The van der Waals surface area contributed by atoms with E-state index in [9.17, 15) is 4.79 Å². The molecule has 4 nitrogen and oxygen atoms in total. The monoisotopic (exact) mass is 244 g/mol. The van der Waals surface area contributed by atoms with Crippen LogP contribution in [0.2, 0.25) is 0 Å². The molecule has 1 aromatic carbocycles. The van der Waals surface area contributed by atoms with E-state index in [0.29, 0.717) is 26.0 Å². The number of rotatable bonds is 4. The highest BCUT2D eigenvalue weighted by Gasteiger charge is 2.31. The van der Waals surface area contributed by atoms with Crippen LogP contribution in [0.25, 0.3) is 0 Å². The van der Waals surface area contributed by atoms with Crippen molar-refractivity contribution in [2.75, 3.05) is 6.61 Å². The van der Waals surface area contributed by atoms with Gasteiger partial charge in [0, 0.05) is 12.0 Å². The van der Waals surface area contributed by atoms with E-state index in [-0.39, 0.29) is 11.9 Å². The molecule has 0 spiro atoms. The lowest BCUT2D eigenvalue weighted by molar-refractivity contribution is -0.128. The minimum atomic E-state index is -0.299. The van der Waals surface area contributed by atoms with Crippen LogP contribution in [0, 0.1) is 11.3 Å². The fraction of sp³-hybridized carbons (Fsp3) is 0.429. The van der Waals surface area contributed by atoms with Gasteiger partial charge in [0.15, 0.2) is 0 Å². The van der Waals surface area contributed by atoms with Gasteiger partial charge >= 0.3 is 0 Å². The number of carbonyl (C=O) groups excluding carboxylic acids is 1. The summed E-state index contributed by atoms with van der Waals surface area (Å²) in [5.41, 5.74) is 0.954. The third kappa shape index (κ3) is 2.45. The molecule has 1 atom stereocenters. The molecular weight excluding hydrogens is 228 g/mol. The lowest BCUT2D eigenvalue weighted by Crippen LogP contribution is -2.31. The molecular formula is C14H16N2O2. The van der Waals surface area contributed by atoms with Crippen LogP contribution < -0.4 is 4.74 Å². The summed E-state index contributed by atoms with van der Waals surface area (Å²) >= 11 is 0. The first-order chi connectivity index (χ1) is 8.76. The molecule has 0 saturated carbocycles. The number of amides is 1. The van der Waals surface area contributed by atoms with Crippen molar-refractivity contribution < 1.29 is 9.53 Å². The van der Waals surface area contributed by atoms with Gasteiger partial charge in [-0.15, -0.1) is 0 Å². The predicted molar refractivity (Wildman–Crippen MR) is 66.8 cm³/mol. The van der Waals surface area contributed by atoms with Crippen LogP contribution in [0.1, 0.15) is 25.3 Å². The van der Waals surface area contributed by atoms with Crippen LogP contribution >= 0.6 is 0 Å². The van der Waals surface area contributed by atoms with Crippen LogP contribution in [0.5, 0.6) is 5.75 Å². The molecule has 1 saturated heterocycles. The number of ether oxygens (including phenoxy) is 1. The fourth-order valence-corrected chi connectivity index (χ4v) is 2.18. The van der Waals surface area contributed by atoms with Gasteiger partial charge in [0.1, 0.15) is 11.8 Å². The van der Waals surface area contributed by atoms with Gasteiger partial charge in [0.05, 0.1) is 19.2 Å².